The molecule has 0 bridgehead atoms. The van der Waals surface area contributed by atoms with Crippen LogP contribution in [0.25, 0.3) is 0 Å². The normalized spacial score (nSPS) is 8.14. The molecular formula is I3NbO10. The Kier molecular flexibility index (Phi) is 44.3. The molecule has 0 spiro atoms. The maximum absolute atomic E-state index is 8.57. The van der Waals surface area contributed by atoms with Crippen molar-refractivity contribution in [3.8, 4) is 0 Å². The predicted octanol–water partition coefficient (Wildman–Crippen LogP) is -19.8. The molecule has 0 atom stereocenters. The van der Waals surface area contributed by atoms with Gasteiger partial charge in [0.25, 0.3) is 63.2 Å². The van der Waals surface area contributed by atoms with Gasteiger partial charge in [-0.15, -0.1) is 0 Å². The molecular weight excluding hydrogens is 634 g/mol. The van der Waals surface area contributed by atoms with Crippen LogP contribution >= 0.6 is 0 Å². The molecule has 0 N–H and O–H groups in total. The average Bonchev–Trinajstić information content (AvgIpc) is 1.86. The van der Waals surface area contributed by atoms with Crippen molar-refractivity contribution in [1.29, 1.82) is 0 Å². The molecule has 0 aliphatic rings. The van der Waals surface area contributed by atoms with Crippen LogP contribution in [0.5, 0.6) is 0 Å². The van der Waals surface area contributed by atoms with Crippen LogP contribution in [0.15, 0.2) is 0 Å². The maximum atomic E-state index is 8.57. The first-order chi connectivity index (χ1) is 6.20. The molecule has 0 amide bonds. The van der Waals surface area contributed by atoms with E-state index in [0.29, 0.717) is 21.0 Å². The SMILES string of the molecule is [O-][I+2]([O-])[O-].[O-][I+2]([O-])[O-].[O-][I+2]([O-])[O-].[O]=[Nb+3]. The minimum absolute atomic E-state index is 0.500. The van der Waals surface area contributed by atoms with E-state index in [4.69, 9.17) is 34.2 Å². The Morgan fingerprint density at radius 3 is 0.500 bits per heavy atom. The topological polar surface area (TPSA) is 225 Å². The zero-order valence-corrected chi connectivity index (χ0v) is 14.3. The Balaban J connectivity index is -0.0000000492. The van der Waals surface area contributed by atoms with E-state index in [0.717, 1.165) is 0 Å². The van der Waals surface area contributed by atoms with Crippen molar-refractivity contribution in [2.75, 3.05) is 0 Å². The zero-order valence-electron chi connectivity index (χ0n) is 5.66. The summed E-state index contributed by atoms with van der Waals surface area (Å²) < 4.78 is 85.5. The van der Waals surface area contributed by atoms with E-state index < -0.39 is 63.2 Å². The molecule has 0 aromatic carbocycles. The third kappa shape index (κ3) is 457. The first kappa shape index (κ1) is 25.3. The fourth-order valence-electron chi connectivity index (χ4n) is 0. The van der Waals surface area contributed by atoms with E-state index in [9.17, 15) is 0 Å². The predicted molar refractivity (Wildman–Crippen MR) is 0.686 cm³/mol. The van der Waals surface area contributed by atoms with Gasteiger partial charge in [0.1, 0.15) is 0 Å². The number of hydrogen-bond donors (Lipinski definition) is 0. The van der Waals surface area contributed by atoms with Crippen molar-refractivity contribution in [3.05, 3.63) is 0 Å². The van der Waals surface area contributed by atoms with E-state index in [1.54, 1.807) is 0 Å². The van der Waals surface area contributed by atoms with E-state index in [1.165, 1.54) is 0 Å². The summed E-state index contributed by atoms with van der Waals surface area (Å²) in [6.07, 6.45) is 0. The van der Waals surface area contributed by atoms with Crippen molar-refractivity contribution in [2.24, 2.45) is 0 Å². The van der Waals surface area contributed by atoms with Crippen LogP contribution in [0.3, 0.4) is 0 Å². The second-order valence-corrected chi connectivity index (χ2v) is 3.80. The molecule has 10 nitrogen and oxygen atoms in total. The van der Waals surface area contributed by atoms with Gasteiger partial charge in [0.05, 0.1) is 0 Å². The van der Waals surface area contributed by atoms with Crippen LogP contribution in [0.4, 0.5) is 0 Å². The molecule has 0 saturated carbocycles. The summed E-state index contributed by atoms with van der Waals surface area (Å²) in [5.74, 6) is 0. The molecule has 0 radical (unpaired) electrons. The molecule has 0 aliphatic heterocycles. The van der Waals surface area contributed by atoms with Crippen molar-refractivity contribution in [2.45, 2.75) is 0 Å². The van der Waals surface area contributed by atoms with E-state index in [1.807, 2.05) is 0 Å². The standard InChI is InChI=1S/3IO3.Nb.O/c3*2-1(3)4;;/q3*-1;+3;. The molecule has 86 valence electrons. The van der Waals surface area contributed by atoms with E-state index in [2.05, 4.69) is 0 Å². The Labute approximate surface area is 117 Å². The molecule has 0 aromatic heterocycles. The van der Waals surface area contributed by atoms with Gasteiger partial charge in [0, 0.05) is 0 Å². The molecule has 14 heteroatoms. The van der Waals surface area contributed by atoms with Gasteiger partial charge in [-0.1, -0.05) is 0 Å². The summed E-state index contributed by atoms with van der Waals surface area (Å²) in [5.41, 5.74) is 0. The second-order valence-electron chi connectivity index (χ2n) is 0.567. The molecule has 0 aromatic rings. The van der Waals surface area contributed by atoms with Crippen molar-refractivity contribution in [3.63, 3.8) is 0 Å². The van der Waals surface area contributed by atoms with Gasteiger partial charge in [-0.2, -0.15) is 0 Å². The second kappa shape index (κ2) is 24.6. The third-order valence-electron chi connectivity index (χ3n) is 0. The fourth-order valence-corrected chi connectivity index (χ4v) is 0. The Bertz CT molecular complexity index is 53.2. The van der Waals surface area contributed by atoms with Gasteiger partial charge in [0.15, 0.2) is 0 Å². The van der Waals surface area contributed by atoms with Crippen molar-refractivity contribution < 1.29 is 118 Å². The van der Waals surface area contributed by atoms with Crippen LogP contribution < -0.4 is 94.1 Å². The van der Waals surface area contributed by atoms with Crippen LogP contribution in [-0.2, 0) is 24.3 Å². The number of rotatable bonds is 0. The molecule has 0 unspecified atom stereocenters. The molecule has 0 heterocycles. The van der Waals surface area contributed by atoms with Gasteiger partial charge in [-0.3, -0.25) is 0 Å². The monoisotopic (exact) mass is 634 g/mol. The molecule has 0 rings (SSSR count). The first-order valence-corrected chi connectivity index (χ1v) is 10.4. The van der Waals surface area contributed by atoms with Crippen molar-refractivity contribution >= 4 is 0 Å². The molecule has 0 fully saturated rings. The number of hydrogen-bond acceptors (Lipinski definition) is 10. The molecule has 14 heavy (non-hydrogen) atoms. The van der Waals surface area contributed by atoms with Crippen molar-refractivity contribution in [1.82, 2.24) is 0 Å². The quantitative estimate of drug-likeness (QED) is 0.181. The van der Waals surface area contributed by atoms with Gasteiger partial charge >= 0.3 is 24.3 Å². The van der Waals surface area contributed by atoms with Crippen LogP contribution in [0.2, 0.25) is 0 Å². The minimum atomic E-state index is -4.01. The summed E-state index contributed by atoms with van der Waals surface area (Å²) in [7, 11) is 0. The fraction of sp³-hybridized carbons (Fsp3) is 0. The summed E-state index contributed by atoms with van der Waals surface area (Å²) >= 11 is -11.5. The molecule has 0 aliphatic carbocycles. The van der Waals surface area contributed by atoms with E-state index >= 15 is 0 Å². The van der Waals surface area contributed by atoms with Crippen LogP contribution in [0, 0.1) is 0 Å². The summed E-state index contributed by atoms with van der Waals surface area (Å²) in [5, 5.41) is 0. The van der Waals surface area contributed by atoms with Gasteiger partial charge in [-0.25, -0.2) is 0 Å². The summed E-state index contributed by atoms with van der Waals surface area (Å²) in [6.45, 7) is 0. The number of halogens is 3. The molecule has 0 saturated heterocycles. The van der Waals surface area contributed by atoms with Crippen LogP contribution in [0.1, 0.15) is 0 Å². The summed E-state index contributed by atoms with van der Waals surface area (Å²) in [6, 6.07) is 0. The Morgan fingerprint density at radius 2 is 0.500 bits per heavy atom. The van der Waals surface area contributed by atoms with Crippen LogP contribution in [-0.4, -0.2) is 0 Å². The van der Waals surface area contributed by atoms with Gasteiger partial charge in [0.2, 0.25) is 0 Å². The first-order valence-electron chi connectivity index (χ1n) is 1.57. The van der Waals surface area contributed by atoms with Gasteiger partial charge in [-0.05, 0) is 0 Å². The zero-order chi connectivity index (χ0) is 12.7. The van der Waals surface area contributed by atoms with Gasteiger partial charge < -0.3 is 30.9 Å². The summed E-state index contributed by atoms with van der Waals surface area (Å²) in [4.78, 5) is 0. The Hall–Kier alpha value is 2.37. The third-order valence-corrected chi connectivity index (χ3v) is 0. The Morgan fingerprint density at radius 1 is 0.500 bits per heavy atom. The van der Waals surface area contributed by atoms with E-state index in [-0.39, 0.29) is 0 Å². The average molecular weight is 634 g/mol.